The van der Waals surface area contributed by atoms with Gasteiger partial charge in [-0.05, 0) is 23.6 Å². The minimum atomic E-state index is -0.111. The van der Waals surface area contributed by atoms with Gasteiger partial charge < -0.3 is 15.7 Å². The van der Waals surface area contributed by atoms with Gasteiger partial charge in [0.25, 0.3) is 0 Å². The van der Waals surface area contributed by atoms with Gasteiger partial charge in [0.1, 0.15) is 12.0 Å². The van der Waals surface area contributed by atoms with Gasteiger partial charge in [0.2, 0.25) is 5.91 Å². The lowest BCUT2D eigenvalue weighted by Crippen LogP contribution is -2.93. The molecule has 1 amide bonds. The average molecular weight is 374 g/mol. The Morgan fingerprint density at radius 3 is 3.00 bits per heavy atom. The van der Waals surface area contributed by atoms with Gasteiger partial charge in [0.05, 0.1) is 6.54 Å². The van der Waals surface area contributed by atoms with E-state index in [1.54, 1.807) is 12.1 Å². The highest BCUT2D eigenvalue weighted by Gasteiger charge is 2.41. The second-order valence-corrected chi connectivity index (χ2v) is 7.27. The first-order chi connectivity index (χ1) is 13.2. The largest absolute Gasteiger partial charge is 0.396 e. The van der Waals surface area contributed by atoms with E-state index in [1.807, 2.05) is 13.8 Å². The Bertz CT molecular complexity index is 703. The number of nitrogens with zero attached hydrogens (tertiary/aromatic N) is 1. The number of amides is 1. The molecule has 2 aliphatic heterocycles. The maximum absolute atomic E-state index is 12.7. The standard InChI is InChI=1S/C19H26N4O2.C2H6/c1-23(22-6-3-7-24)19(25)13-8-15-14-4-2-5-16-18(14)12(10-20-16)9-17(15)21-11-13;1-2/h2,4-5,8,12-13,17,20-22,24H,3,6-7,9-11H2,1H3;1-2H3/p+1/t12?,13-,17-;/m1./s1. The second kappa shape index (κ2) is 8.87. The smallest absolute Gasteiger partial charge is 0.249 e. The highest BCUT2D eigenvalue weighted by atomic mass is 16.3. The molecule has 6 nitrogen and oxygen atoms in total. The van der Waals surface area contributed by atoms with Crippen LogP contribution in [0.3, 0.4) is 0 Å². The molecule has 1 aromatic carbocycles. The molecule has 0 fully saturated rings. The number of benzene rings is 1. The summed E-state index contributed by atoms with van der Waals surface area (Å²) in [6.07, 6.45) is 3.98. The molecule has 0 saturated carbocycles. The topological polar surface area (TPSA) is 81.2 Å². The first-order valence-electron chi connectivity index (χ1n) is 10.2. The van der Waals surface area contributed by atoms with Crippen LogP contribution in [0.25, 0.3) is 5.57 Å². The minimum absolute atomic E-state index is 0.0907. The predicted octanol–water partition coefficient (Wildman–Crippen LogP) is 0.916. The number of nitrogens with one attached hydrogen (secondary N) is 2. The number of anilines is 1. The van der Waals surface area contributed by atoms with Crippen molar-refractivity contribution < 1.29 is 15.2 Å². The molecule has 3 atom stereocenters. The van der Waals surface area contributed by atoms with Crippen molar-refractivity contribution in [3.63, 3.8) is 0 Å². The number of hydrogen-bond acceptors (Lipinski definition) is 4. The molecule has 5 N–H and O–H groups in total. The molecule has 2 heterocycles. The van der Waals surface area contributed by atoms with Crippen LogP contribution in [0.2, 0.25) is 0 Å². The summed E-state index contributed by atoms with van der Waals surface area (Å²) in [6.45, 7) is 6.57. The number of nitrogens with two attached hydrogens (primary N) is 1. The fourth-order valence-electron chi connectivity index (χ4n) is 4.44. The molecule has 0 aromatic heterocycles. The van der Waals surface area contributed by atoms with Gasteiger partial charge in [-0.15, -0.1) is 0 Å². The van der Waals surface area contributed by atoms with Gasteiger partial charge in [-0.25, -0.2) is 5.43 Å². The second-order valence-electron chi connectivity index (χ2n) is 7.27. The Hall–Kier alpha value is -1.89. The zero-order valence-electron chi connectivity index (χ0n) is 16.7. The quantitative estimate of drug-likeness (QED) is 0.457. The Kier molecular flexibility index (Phi) is 6.52. The summed E-state index contributed by atoms with van der Waals surface area (Å²) in [6, 6.07) is 6.94. The van der Waals surface area contributed by atoms with Crippen LogP contribution >= 0.6 is 0 Å². The summed E-state index contributed by atoms with van der Waals surface area (Å²) in [5.41, 5.74) is 8.43. The van der Waals surface area contributed by atoms with Crippen molar-refractivity contribution in [2.45, 2.75) is 38.6 Å². The molecule has 6 heteroatoms. The lowest BCUT2D eigenvalue weighted by atomic mass is 9.75. The van der Waals surface area contributed by atoms with Crippen LogP contribution in [0.1, 0.15) is 43.7 Å². The SMILES string of the molecule is CC.CN(NCCCO)C(=O)[C@@H]1C=C2c3cccc4c3C(CN4)C[C@H]2[NH2+]C1. The van der Waals surface area contributed by atoms with E-state index in [0.29, 0.717) is 24.9 Å². The maximum atomic E-state index is 12.7. The molecule has 0 saturated heterocycles. The third-order valence-corrected chi connectivity index (χ3v) is 5.69. The molecule has 148 valence electrons. The monoisotopic (exact) mass is 373 g/mol. The number of aliphatic hydroxyl groups is 1. The van der Waals surface area contributed by atoms with Gasteiger partial charge in [0, 0.05) is 50.3 Å². The molecule has 0 bridgehead atoms. The first-order valence-corrected chi connectivity index (χ1v) is 10.2. The van der Waals surface area contributed by atoms with E-state index in [2.05, 4.69) is 40.3 Å². The van der Waals surface area contributed by atoms with Crippen molar-refractivity contribution in [1.29, 1.82) is 0 Å². The Morgan fingerprint density at radius 2 is 2.22 bits per heavy atom. The zero-order chi connectivity index (χ0) is 19.4. The molecule has 0 radical (unpaired) electrons. The molecule has 4 rings (SSSR count). The molecule has 1 unspecified atom stereocenters. The van der Waals surface area contributed by atoms with Crippen LogP contribution < -0.4 is 16.1 Å². The number of carbonyl (C=O) groups is 1. The lowest BCUT2D eigenvalue weighted by molar-refractivity contribution is -0.682. The van der Waals surface area contributed by atoms with Gasteiger partial charge in [-0.2, -0.15) is 0 Å². The van der Waals surface area contributed by atoms with Crippen LogP contribution in [0.5, 0.6) is 0 Å². The number of aliphatic hydroxyl groups excluding tert-OH is 1. The van der Waals surface area contributed by atoms with E-state index in [1.165, 1.54) is 22.4 Å². The van der Waals surface area contributed by atoms with Crippen LogP contribution in [0.15, 0.2) is 24.3 Å². The molecule has 0 spiro atoms. The summed E-state index contributed by atoms with van der Waals surface area (Å²) in [7, 11) is 1.77. The first kappa shape index (κ1) is 19.9. The minimum Gasteiger partial charge on any atom is -0.396 e. The third kappa shape index (κ3) is 3.88. The van der Waals surface area contributed by atoms with Gasteiger partial charge in [-0.3, -0.25) is 9.80 Å². The third-order valence-electron chi connectivity index (χ3n) is 5.69. The molecule has 3 aliphatic rings. The number of fused-ring (bicyclic) bond motifs is 2. The van der Waals surface area contributed by atoms with Crippen molar-refractivity contribution in [2.75, 3.05) is 38.6 Å². The van der Waals surface area contributed by atoms with E-state index >= 15 is 0 Å². The Labute approximate surface area is 162 Å². The number of hydrogen-bond donors (Lipinski definition) is 4. The Morgan fingerprint density at radius 1 is 1.41 bits per heavy atom. The number of quaternary nitrogens is 1. The summed E-state index contributed by atoms with van der Waals surface area (Å²) in [4.78, 5) is 12.7. The van der Waals surface area contributed by atoms with E-state index in [9.17, 15) is 4.79 Å². The highest BCUT2D eigenvalue weighted by Crippen LogP contribution is 2.45. The number of rotatable bonds is 5. The molecule has 27 heavy (non-hydrogen) atoms. The van der Waals surface area contributed by atoms with E-state index in [4.69, 9.17) is 5.11 Å². The van der Waals surface area contributed by atoms with Crippen molar-refractivity contribution in [1.82, 2.24) is 10.4 Å². The van der Waals surface area contributed by atoms with Crippen molar-refractivity contribution in [2.24, 2.45) is 5.92 Å². The molecule has 1 aliphatic carbocycles. The molecular weight excluding hydrogens is 340 g/mol. The van der Waals surface area contributed by atoms with Crippen LogP contribution in [-0.2, 0) is 4.79 Å². The highest BCUT2D eigenvalue weighted by molar-refractivity contribution is 5.86. The fraction of sp³-hybridized carbons (Fsp3) is 0.571. The lowest BCUT2D eigenvalue weighted by Gasteiger charge is -2.34. The zero-order valence-corrected chi connectivity index (χ0v) is 16.7. The fourth-order valence-corrected chi connectivity index (χ4v) is 4.44. The van der Waals surface area contributed by atoms with Crippen molar-refractivity contribution in [3.8, 4) is 0 Å². The van der Waals surface area contributed by atoms with E-state index in [-0.39, 0.29) is 18.4 Å². The molecular formula is C21H33N4O2+. The molecule has 1 aromatic rings. The van der Waals surface area contributed by atoms with Crippen molar-refractivity contribution in [3.05, 3.63) is 35.4 Å². The number of carbonyl (C=O) groups excluding carboxylic acids is 1. The maximum Gasteiger partial charge on any atom is 0.249 e. The van der Waals surface area contributed by atoms with Gasteiger partial charge in [0.15, 0.2) is 0 Å². The summed E-state index contributed by atoms with van der Waals surface area (Å²) < 4.78 is 0. The van der Waals surface area contributed by atoms with Gasteiger partial charge >= 0.3 is 0 Å². The van der Waals surface area contributed by atoms with Crippen molar-refractivity contribution >= 4 is 17.2 Å². The van der Waals surface area contributed by atoms with Crippen LogP contribution in [0.4, 0.5) is 5.69 Å². The normalized spacial score (nSPS) is 24.6. The summed E-state index contributed by atoms with van der Waals surface area (Å²) in [5.74, 6) is 0.576. The summed E-state index contributed by atoms with van der Waals surface area (Å²) >= 11 is 0. The average Bonchev–Trinajstić information content (AvgIpc) is 3.13. The predicted molar refractivity (Wildman–Crippen MR) is 108 cm³/mol. The van der Waals surface area contributed by atoms with E-state index < -0.39 is 0 Å². The summed E-state index contributed by atoms with van der Waals surface area (Å²) in [5, 5.41) is 16.3. The van der Waals surface area contributed by atoms with Crippen LogP contribution in [0, 0.1) is 5.92 Å². The van der Waals surface area contributed by atoms with Gasteiger partial charge in [-0.1, -0.05) is 32.1 Å². The van der Waals surface area contributed by atoms with E-state index in [0.717, 1.165) is 19.5 Å². The van der Waals surface area contributed by atoms with Crippen LogP contribution in [-0.4, -0.2) is 55.4 Å². The number of hydrazine groups is 1. The Balaban J connectivity index is 0.00000102.